The molecule has 6 N–H and O–H groups in total. The van der Waals surface area contributed by atoms with Crippen molar-refractivity contribution in [2.75, 3.05) is 55.5 Å². The fourth-order valence-electron chi connectivity index (χ4n) is 3.79. The van der Waals surface area contributed by atoms with Gasteiger partial charge in [-0.2, -0.15) is 15.0 Å². The highest BCUT2D eigenvalue weighted by molar-refractivity contribution is 5.94. The molecule has 0 bridgehead atoms. The van der Waals surface area contributed by atoms with Gasteiger partial charge in [0.25, 0.3) is 5.91 Å². The molecule has 0 saturated carbocycles. The minimum absolute atomic E-state index is 0.138. The minimum atomic E-state index is -0.974. The van der Waals surface area contributed by atoms with Crippen molar-refractivity contribution in [1.82, 2.24) is 20.3 Å². The molecule has 1 amide bonds. The van der Waals surface area contributed by atoms with E-state index in [2.05, 4.69) is 36.2 Å². The molecule has 0 radical (unpaired) electrons. The Labute approximate surface area is 242 Å². The van der Waals surface area contributed by atoms with E-state index in [1.165, 1.54) is 0 Å². The number of hydrogen-bond acceptors (Lipinski definition) is 11. The third kappa shape index (κ3) is 9.87. The quantitative estimate of drug-likeness (QED) is 0.109. The van der Waals surface area contributed by atoms with Crippen LogP contribution < -0.4 is 21.3 Å². The Kier molecular flexibility index (Phi) is 11.2. The first kappa shape index (κ1) is 30.0. The van der Waals surface area contributed by atoms with E-state index in [0.717, 1.165) is 0 Å². The topological polar surface area (TPSA) is 180 Å². The second kappa shape index (κ2) is 15.7. The summed E-state index contributed by atoms with van der Waals surface area (Å²) in [7, 11) is 0. The number of aromatic nitrogens is 3. The lowest BCUT2D eigenvalue weighted by Gasteiger charge is -2.18. The number of phenolic OH excluding ortho intramolecular Hbond substituents is 1. The summed E-state index contributed by atoms with van der Waals surface area (Å²) in [4.78, 5) is 36.4. The maximum absolute atomic E-state index is 12.0. The first-order valence-electron chi connectivity index (χ1n) is 13.4. The van der Waals surface area contributed by atoms with E-state index in [4.69, 9.17) is 14.6 Å². The molecule has 1 heterocycles. The second-order valence-electron chi connectivity index (χ2n) is 9.06. The predicted octanol–water partition coefficient (Wildman–Crippen LogP) is 2.95. The van der Waals surface area contributed by atoms with E-state index in [1.807, 2.05) is 18.2 Å². The van der Waals surface area contributed by atoms with Crippen LogP contribution in [-0.4, -0.2) is 82.6 Å². The minimum Gasteiger partial charge on any atom is -0.508 e. The molecule has 13 heteroatoms. The Hall–Kier alpha value is -5.01. The fourth-order valence-corrected chi connectivity index (χ4v) is 3.79. The van der Waals surface area contributed by atoms with Gasteiger partial charge in [0, 0.05) is 24.3 Å². The molecule has 1 unspecified atom stereocenters. The molecule has 0 aliphatic heterocycles. The molecule has 220 valence electrons. The van der Waals surface area contributed by atoms with E-state index < -0.39 is 5.97 Å². The molecule has 3 aromatic rings. The summed E-state index contributed by atoms with van der Waals surface area (Å²) in [6, 6.07) is 15.3. The van der Waals surface area contributed by atoms with Crippen LogP contribution in [0.5, 0.6) is 5.75 Å². The molecular weight excluding hydrogens is 542 g/mol. The molecule has 1 aliphatic rings. The maximum Gasteiger partial charge on any atom is 0.335 e. The summed E-state index contributed by atoms with van der Waals surface area (Å²) >= 11 is 0. The van der Waals surface area contributed by atoms with Gasteiger partial charge in [-0.1, -0.05) is 30.4 Å². The van der Waals surface area contributed by atoms with Gasteiger partial charge < -0.3 is 41.0 Å². The lowest BCUT2D eigenvalue weighted by Crippen LogP contribution is -2.27. The Morgan fingerprint density at radius 1 is 0.857 bits per heavy atom. The van der Waals surface area contributed by atoms with Gasteiger partial charge in [0.05, 0.1) is 38.0 Å². The van der Waals surface area contributed by atoms with Gasteiger partial charge in [0.2, 0.25) is 17.8 Å². The number of nitrogens with zero attached hydrogens (tertiary/aromatic N) is 3. The van der Waals surface area contributed by atoms with Gasteiger partial charge >= 0.3 is 5.97 Å². The van der Waals surface area contributed by atoms with Crippen molar-refractivity contribution in [1.29, 1.82) is 0 Å². The number of benzene rings is 2. The van der Waals surface area contributed by atoms with Crippen LogP contribution in [0, 0.1) is 0 Å². The number of carboxylic acid groups (broad SMARTS) is 1. The standard InChI is InChI=1S/C29H33N7O6/c37-24-12-10-23(11-13-24)33-29-35-27(34-28(36-29)32-22-8-6-21(7-9-22)26(39)40)31-15-17-42-19-18-41-16-14-30-25(38)20-4-2-1-3-5-20/h1-8,10-13,22,37H,9,14-19H2,(H,30,38)(H,39,40)(H3,31,32,33,34,35,36). The van der Waals surface area contributed by atoms with E-state index in [1.54, 1.807) is 54.6 Å². The monoisotopic (exact) mass is 575 g/mol. The van der Waals surface area contributed by atoms with E-state index in [0.29, 0.717) is 69.1 Å². The molecule has 1 aliphatic carbocycles. The van der Waals surface area contributed by atoms with Crippen molar-refractivity contribution >= 4 is 35.4 Å². The number of carbonyl (C=O) groups is 2. The van der Waals surface area contributed by atoms with Gasteiger partial charge in [-0.3, -0.25) is 4.79 Å². The Balaban J connectivity index is 1.21. The number of aromatic hydroxyl groups is 1. The molecule has 42 heavy (non-hydrogen) atoms. The molecule has 0 fully saturated rings. The van der Waals surface area contributed by atoms with Crippen LogP contribution in [0.15, 0.2) is 78.4 Å². The van der Waals surface area contributed by atoms with Crippen molar-refractivity contribution in [2.24, 2.45) is 0 Å². The Bertz CT molecular complexity index is 1380. The number of rotatable bonds is 16. The van der Waals surface area contributed by atoms with Crippen molar-refractivity contribution in [3.63, 3.8) is 0 Å². The summed E-state index contributed by atoms with van der Waals surface area (Å²) in [5.74, 6) is -0.0969. The van der Waals surface area contributed by atoms with Crippen molar-refractivity contribution in [2.45, 2.75) is 12.5 Å². The van der Waals surface area contributed by atoms with Crippen LogP contribution in [0.3, 0.4) is 0 Å². The normalized spacial score (nSPS) is 14.1. The van der Waals surface area contributed by atoms with Crippen LogP contribution in [0.2, 0.25) is 0 Å². The third-order valence-electron chi connectivity index (χ3n) is 5.89. The highest BCUT2D eigenvalue weighted by Gasteiger charge is 2.15. The first-order chi connectivity index (χ1) is 20.5. The molecule has 13 nitrogen and oxygen atoms in total. The average molecular weight is 576 g/mol. The Morgan fingerprint density at radius 3 is 2.24 bits per heavy atom. The third-order valence-corrected chi connectivity index (χ3v) is 5.89. The molecule has 2 aromatic carbocycles. The predicted molar refractivity (Wildman–Crippen MR) is 157 cm³/mol. The number of ether oxygens (including phenoxy) is 2. The number of nitrogens with one attached hydrogen (secondary N) is 4. The molecule has 0 saturated heterocycles. The zero-order valence-electron chi connectivity index (χ0n) is 22.8. The average Bonchev–Trinajstić information content (AvgIpc) is 3.00. The number of amides is 1. The lowest BCUT2D eigenvalue weighted by atomic mass is 10.0. The van der Waals surface area contributed by atoms with E-state index in [-0.39, 0.29) is 29.2 Å². The largest absolute Gasteiger partial charge is 0.508 e. The number of phenols is 1. The summed E-state index contributed by atoms with van der Waals surface area (Å²) in [6.45, 7) is 2.33. The Morgan fingerprint density at radius 2 is 1.55 bits per heavy atom. The summed E-state index contributed by atoms with van der Waals surface area (Å²) in [5, 5.41) is 30.9. The highest BCUT2D eigenvalue weighted by Crippen LogP contribution is 2.20. The smallest absolute Gasteiger partial charge is 0.335 e. The van der Waals surface area contributed by atoms with E-state index >= 15 is 0 Å². The molecule has 0 spiro atoms. The van der Waals surface area contributed by atoms with Gasteiger partial charge in [0.1, 0.15) is 5.75 Å². The number of hydrogen-bond donors (Lipinski definition) is 6. The van der Waals surface area contributed by atoms with Crippen molar-refractivity contribution in [3.05, 3.63) is 84.0 Å². The number of carboxylic acids is 1. The van der Waals surface area contributed by atoms with Crippen molar-refractivity contribution in [3.8, 4) is 5.75 Å². The fraction of sp³-hybridized carbons (Fsp3) is 0.276. The van der Waals surface area contributed by atoms with Gasteiger partial charge in [-0.15, -0.1) is 0 Å². The van der Waals surface area contributed by atoms with Crippen molar-refractivity contribution < 1.29 is 29.3 Å². The molecule has 1 aromatic heterocycles. The summed E-state index contributed by atoms with van der Waals surface area (Å²) in [6.07, 6.45) is 5.39. The van der Waals surface area contributed by atoms with Crippen LogP contribution in [0.25, 0.3) is 0 Å². The van der Waals surface area contributed by atoms with Crippen LogP contribution in [0.1, 0.15) is 16.8 Å². The molecule has 4 rings (SSSR count). The van der Waals surface area contributed by atoms with Gasteiger partial charge in [-0.05, 0) is 48.9 Å². The van der Waals surface area contributed by atoms with Crippen LogP contribution in [-0.2, 0) is 14.3 Å². The number of carbonyl (C=O) groups excluding carboxylic acids is 1. The van der Waals surface area contributed by atoms with Gasteiger partial charge in [-0.25, -0.2) is 4.79 Å². The van der Waals surface area contributed by atoms with Gasteiger partial charge in [0.15, 0.2) is 0 Å². The highest BCUT2D eigenvalue weighted by atomic mass is 16.5. The van der Waals surface area contributed by atoms with E-state index in [9.17, 15) is 14.7 Å². The van der Waals surface area contributed by atoms with Crippen LogP contribution >= 0.6 is 0 Å². The molecule has 1 atom stereocenters. The lowest BCUT2D eigenvalue weighted by molar-refractivity contribution is -0.132. The zero-order chi connectivity index (χ0) is 29.6. The number of anilines is 4. The first-order valence-corrected chi connectivity index (χ1v) is 13.4. The molecular formula is C29H33N7O6. The second-order valence-corrected chi connectivity index (χ2v) is 9.06. The summed E-state index contributed by atoms with van der Waals surface area (Å²) in [5.41, 5.74) is 1.52. The van der Waals surface area contributed by atoms with Crippen LogP contribution in [0.4, 0.5) is 23.5 Å². The SMILES string of the molecule is O=C(O)C1=CCC(Nc2nc(NCCOCCOCCNC(=O)c3ccccc3)nc(Nc3ccc(O)cc3)n2)C=C1. The number of aliphatic carboxylic acids is 1. The summed E-state index contributed by atoms with van der Waals surface area (Å²) < 4.78 is 11.1. The maximum atomic E-state index is 12.0. The zero-order valence-corrected chi connectivity index (χ0v) is 22.8.